The zero-order valence-corrected chi connectivity index (χ0v) is 12.5. The maximum Gasteiger partial charge on any atom is 0.292 e. The molecule has 1 amide bonds. The SMILES string of the molecule is Cc1ccc2c(n1)C(c1ccccc1)=[N+](C)CC(=O)N2C. The Bertz CT molecular complexity index is 735. The minimum Gasteiger partial charge on any atom is -0.308 e. The highest BCUT2D eigenvalue weighted by Crippen LogP contribution is 2.24. The number of carbonyl (C=O) groups is 1. The van der Waals surface area contributed by atoms with Crippen LogP contribution in [0.4, 0.5) is 5.69 Å². The van der Waals surface area contributed by atoms with Gasteiger partial charge in [-0.05, 0) is 31.2 Å². The molecular weight excluding hydrogens is 262 g/mol. The molecule has 0 saturated heterocycles. The first-order valence-electron chi connectivity index (χ1n) is 6.96. The van der Waals surface area contributed by atoms with Crippen LogP contribution < -0.4 is 4.90 Å². The quantitative estimate of drug-likeness (QED) is 0.747. The maximum absolute atomic E-state index is 12.3. The van der Waals surface area contributed by atoms with E-state index >= 15 is 0 Å². The Morgan fingerprint density at radius 3 is 2.57 bits per heavy atom. The number of rotatable bonds is 1. The van der Waals surface area contributed by atoms with E-state index < -0.39 is 0 Å². The molecule has 1 aromatic heterocycles. The average molecular weight is 280 g/mol. The second-order valence-corrected chi connectivity index (χ2v) is 5.34. The number of nitrogens with zero attached hydrogens (tertiary/aromatic N) is 3. The van der Waals surface area contributed by atoms with Crippen molar-refractivity contribution in [1.82, 2.24) is 4.98 Å². The fraction of sp³-hybridized carbons (Fsp3) is 0.235. The van der Waals surface area contributed by atoms with Crippen molar-refractivity contribution in [2.75, 3.05) is 25.5 Å². The zero-order chi connectivity index (χ0) is 15.0. The Morgan fingerprint density at radius 1 is 1.14 bits per heavy atom. The van der Waals surface area contributed by atoms with Crippen LogP contribution in [0.15, 0.2) is 42.5 Å². The van der Waals surface area contributed by atoms with E-state index in [2.05, 4.69) is 12.1 Å². The number of anilines is 1. The average Bonchev–Trinajstić information content (AvgIpc) is 2.56. The molecule has 4 nitrogen and oxygen atoms in total. The van der Waals surface area contributed by atoms with E-state index in [0.29, 0.717) is 6.54 Å². The van der Waals surface area contributed by atoms with E-state index in [4.69, 9.17) is 4.98 Å². The number of amides is 1. The van der Waals surface area contributed by atoms with Gasteiger partial charge in [-0.3, -0.25) is 4.79 Å². The molecule has 3 rings (SSSR count). The molecule has 106 valence electrons. The Morgan fingerprint density at radius 2 is 1.86 bits per heavy atom. The number of fused-ring (bicyclic) bond motifs is 1. The summed E-state index contributed by atoms with van der Waals surface area (Å²) in [5.41, 5.74) is 4.72. The first-order valence-corrected chi connectivity index (χ1v) is 6.96. The monoisotopic (exact) mass is 280 g/mol. The van der Waals surface area contributed by atoms with Crippen LogP contribution in [0.2, 0.25) is 0 Å². The van der Waals surface area contributed by atoms with Gasteiger partial charge in [-0.1, -0.05) is 18.2 Å². The van der Waals surface area contributed by atoms with Gasteiger partial charge in [0.2, 0.25) is 12.3 Å². The summed E-state index contributed by atoms with van der Waals surface area (Å²) in [4.78, 5) is 18.7. The van der Waals surface area contributed by atoms with Crippen molar-refractivity contribution in [3.8, 4) is 0 Å². The summed E-state index contributed by atoms with van der Waals surface area (Å²) in [6, 6.07) is 14.0. The van der Waals surface area contributed by atoms with Crippen molar-refractivity contribution >= 4 is 17.3 Å². The molecule has 0 bridgehead atoms. The van der Waals surface area contributed by atoms with Crippen LogP contribution in [-0.4, -0.2) is 41.8 Å². The van der Waals surface area contributed by atoms with E-state index in [1.54, 1.807) is 11.9 Å². The lowest BCUT2D eigenvalue weighted by molar-refractivity contribution is -0.483. The number of likely N-dealkylation sites (N-methyl/N-ethyl adjacent to an activating group) is 2. The number of aryl methyl sites for hydroxylation is 1. The molecule has 4 heteroatoms. The van der Waals surface area contributed by atoms with Crippen LogP contribution in [0.1, 0.15) is 17.0 Å². The van der Waals surface area contributed by atoms with Crippen LogP contribution >= 0.6 is 0 Å². The summed E-state index contributed by atoms with van der Waals surface area (Å²) in [6.07, 6.45) is 0. The Hall–Kier alpha value is -2.49. The lowest BCUT2D eigenvalue weighted by Crippen LogP contribution is -2.31. The fourth-order valence-electron chi connectivity index (χ4n) is 2.65. The smallest absolute Gasteiger partial charge is 0.292 e. The number of carbonyl (C=O) groups excluding carboxylic acids is 1. The topological polar surface area (TPSA) is 36.2 Å². The van der Waals surface area contributed by atoms with E-state index in [0.717, 1.165) is 28.4 Å². The minimum atomic E-state index is 0.0651. The highest BCUT2D eigenvalue weighted by Gasteiger charge is 2.31. The number of pyridine rings is 1. The van der Waals surface area contributed by atoms with E-state index in [1.807, 2.05) is 48.9 Å². The largest absolute Gasteiger partial charge is 0.308 e. The molecule has 2 heterocycles. The van der Waals surface area contributed by atoms with Gasteiger partial charge in [-0.25, -0.2) is 9.56 Å². The third-order valence-electron chi connectivity index (χ3n) is 3.77. The predicted octanol–water partition coefficient (Wildman–Crippen LogP) is 1.85. The van der Waals surface area contributed by atoms with Gasteiger partial charge in [0.25, 0.3) is 5.91 Å². The van der Waals surface area contributed by atoms with Crippen molar-refractivity contribution in [3.05, 3.63) is 59.4 Å². The second kappa shape index (κ2) is 5.13. The zero-order valence-electron chi connectivity index (χ0n) is 12.5. The van der Waals surface area contributed by atoms with Crippen molar-refractivity contribution in [1.29, 1.82) is 0 Å². The lowest BCUT2D eigenvalue weighted by atomic mass is 10.0. The molecule has 1 aliphatic heterocycles. The Labute approximate surface area is 124 Å². The molecule has 21 heavy (non-hydrogen) atoms. The van der Waals surface area contributed by atoms with E-state index in [-0.39, 0.29) is 5.91 Å². The van der Waals surface area contributed by atoms with E-state index in [9.17, 15) is 4.79 Å². The van der Waals surface area contributed by atoms with E-state index in [1.165, 1.54) is 0 Å². The van der Waals surface area contributed by atoms with Crippen molar-refractivity contribution in [3.63, 3.8) is 0 Å². The van der Waals surface area contributed by atoms with Crippen LogP contribution in [0, 0.1) is 6.92 Å². The summed E-state index contributed by atoms with van der Waals surface area (Å²) >= 11 is 0. The normalized spacial score (nSPS) is 15.0. The molecule has 1 aliphatic rings. The minimum absolute atomic E-state index is 0.0651. The third kappa shape index (κ3) is 2.33. The van der Waals surface area contributed by atoms with Gasteiger partial charge in [0, 0.05) is 18.3 Å². The lowest BCUT2D eigenvalue weighted by Gasteiger charge is -2.15. The fourth-order valence-corrected chi connectivity index (χ4v) is 2.65. The number of benzene rings is 1. The molecule has 0 spiro atoms. The van der Waals surface area contributed by atoms with Crippen molar-refractivity contribution in [2.45, 2.75) is 6.92 Å². The molecule has 0 aliphatic carbocycles. The highest BCUT2D eigenvalue weighted by molar-refractivity contribution is 6.14. The molecule has 0 atom stereocenters. The Balaban J connectivity index is 2.31. The molecule has 1 aromatic carbocycles. The summed E-state index contributed by atoms with van der Waals surface area (Å²) in [7, 11) is 3.74. The van der Waals surface area contributed by atoms with Gasteiger partial charge in [0.15, 0.2) is 5.69 Å². The number of hydrogen-bond donors (Lipinski definition) is 0. The first kappa shape index (κ1) is 13.5. The molecule has 0 fully saturated rings. The van der Waals surface area contributed by atoms with Gasteiger partial charge in [0.1, 0.15) is 7.05 Å². The maximum atomic E-state index is 12.3. The molecular formula is C17H18N3O+. The van der Waals surface area contributed by atoms with Gasteiger partial charge < -0.3 is 4.90 Å². The number of hydrogen-bond acceptors (Lipinski definition) is 2. The van der Waals surface area contributed by atoms with Crippen LogP contribution in [-0.2, 0) is 4.79 Å². The molecule has 0 radical (unpaired) electrons. The standard InChI is InChI=1S/C17H18N3O/c1-12-9-10-14-16(18-12)17(13-7-5-4-6-8-13)19(2)11-15(21)20(14)3/h4-10H,11H2,1-3H3/q+1. The second-order valence-electron chi connectivity index (χ2n) is 5.34. The number of aromatic nitrogens is 1. The van der Waals surface area contributed by atoms with Gasteiger partial charge >= 0.3 is 0 Å². The summed E-state index contributed by atoms with van der Waals surface area (Å²) in [5.74, 6) is 0.0651. The first-order chi connectivity index (χ1) is 10.1. The van der Waals surface area contributed by atoms with Crippen molar-refractivity contribution < 1.29 is 9.37 Å². The van der Waals surface area contributed by atoms with Crippen LogP contribution in [0.25, 0.3) is 0 Å². The molecule has 0 unspecified atom stereocenters. The highest BCUT2D eigenvalue weighted by atomic mass is 16.2. The summed E-state index contributed by atoms with van der Waals surface area (Å²) < 4.78 is 1.98. The molecule has 2 aromatic rings. The third-order valence-corrected chi connectivity index (χ3v) is 3.77. The molecule has 0 N–H and O–H groups in total. The van der Waals surface area contributed by atoms with Crippen LogP contribution in [0.5, 0.6) is 0 Å². The molecule has 0 saturated carbocycles. The predicted molar refractivity (Wildman–Crippen MR) is 83.1 cm³/mol. The summed E-state index contributed by atoms with van der Waals surface area (Å²) in [6.45, 7) is 2.31. The van der Waals surface area contributed by atoms with Gasteiger partial charge in [-0.2, -0.15) is 0 Å². The Kier molecular flexibility index (Phi) is 3.29. The van der Waals surface area contributed by atoms with Crippen molar-refractivity contribution in [2.24, 2.45) is 0 Å². The van der Waals surface area contributed by atoms with Gasteiger partial charge in [0.05, 0.1) is 5.69 Å². The van der Waals surface area contributed by atoms with Crippen LogP contribution in [0.3, 0.4) is 0 Å². The summed E-state index contributed by atoms with van der Waals surface area (Å²) in [5, 5.41) is 0. The van der Waals surface area contributed by atoms with Gasteiger partial charge in [-0.15, -0.1) is 0 Å².